The summed E-state index contributed by atoms with van der Waals surface area (Å²) in [6.45, 7) is 8.64. The molecule has 21 heavy (non-hydrogen) atoms. The van der Waals surface area contributed by atoms with E-state index in [-0.39, 0.29) is 6.10 Å². The van der Waals surface area contributed by atoms with Crippen LogP contribution in [0.5, 0.6) is 0 Å². The van der Waals surface area contributed by atoms with Crippen molar-refractivity contribution in [1.82, 2.24) is 10.2 Å². The van der Waals surface area contributed by atoms with E-state index < -0.39 is 0 Å². The van der Waals surface area contributed by atoms with E-state index in [1.54, 1.807) is 6.08 Å². The second kappa shape index (κ2) is 6.54. The summed E-state index contributed by atoms with van der Waals surface area (Å²) in [5.41, 5.74) is 0.950. The van der Waals surface area contributed by atoms with Gasteiger partial charge >= 0.3 is 0 Å². The van der Waals surface area contributed by atoms with Gasteiger partial charge in [0.15, 0.2) is 5.82 Å². The fourth-order valence-corrected chi connectivity index (χ4v) is 3.37. The normalized spacial score (nSPS) is 28.4. The molecule has 0 N–H and O–H groups in total. The van der Waals surface area contributed by atoms with Gasteiger partial charge in [-0.15, -0.1) is 11.7 Å². The Balaban J connectivity index is 1.68. The Kier molecular flexibility index (Phi) is 4.51. The molecule has 1 aliphatic carbocycles. The molecule has 3 rings (SSSR count). The highest BCUT2D eigenvalue weighted by atomic mass is 16.5. The standard InChI is InChI=1S/C16H23N3O2/c1-3-9-20-11-13-5-6-14-16(13)21-10-8-19(14)15-7-4-12(2)17-18-15/h3-4,7,13-14,16H,1,5-6,8-11H2,2H3. The summed E-state index contributed by atoms with van der Waals surface area (Å²) in [6, 6.07) is 4.48. The Morgan fingerprint density at radius 2 is 2.33 bits per heavy atom. The number of ether oxygens (including phenoxy) is 2. The lowest BCUT2D eigenvalue weighted by Gasteiger charge is -2.39. The molecule has 2 heterocycles. The highest BCUT2D eigenvalue weighted by Crippen LogP contribution is 2.36. The Morgan fingerprint density at radius 1 is 1.43 bits per heavy atom. The number of rotatable bonds is 5. The number of nitrogens with zero attached hydrogens (tertiary/aromatic N) is 3. The summed E-state index contributed by atoms with van der Waals surface area (Å²) in [5, 5.41) is 8.52. The van der Waals surface area contributed by atoms with Crippen LogP contribution in [0.2, 0.25) is 0 Å². The maximum absolute atomic E-state index is 6.02. The van der Waals surface area contributed by atoms with Gasteiger partial charge in [0.05, 0.1) is 37.7 Å². The van der Waals surface area contributed by atoms with Crippen LogP contribution < -0.4 is 4.90 Å². The van der Waals surface area contributed by atoms with Crippen LogP contribution in [0.3, 0.4) is 0 Å². The summed E-state index contributed by atoms with van der Waals surface area (Å²) in [6.07, 6.45) is 4.30. The highest BCUT2D eigenvalue weighted by molar-refractivity contribution is 5.40. The first kappa shape index (κ1) is 14.5. The Hall–Kier alpha value is -1.46. The first-order chi connectivity index (χ1) is 10.3. The van der Waals surface area contributed by atoms with Gasteiger partial charge in [0.1, 0.15) is 0 Å². The predicted molar refractivity (Wildman–Crippen MR) is 81.4 cm³/mol. The Labute approximate surface area is 126 Å². The van der Waals surface area contributed by atoms with Crippen LogP contribution >= 0.6 is 0 Å². The first-order valence-corrected chi connectivity index (χ1v) is 7.67. The van der Waals surface area contributed by atoms with E-state index in [9.17, 15) is 0 Å². The minimum Gasteiger partial charge on any atom is -0.377 e. The van der Waals surface area contributed by atoms with Crippen molar-refractivity contribution in [3.8, 4) is 0 Å². The first-order valence-electron chi connectivity index (χ1n) is 7.67. The molecule has 5 nitrogen and oxygen atoms in total. The maximum Gasteiger partial charge on any atom is 0.151 e. The van der Waals surface area contributed by atoms with Crippen molar-refractivity contribution in [2.45, 2.75) is 31.9 Å². The predicted octanol–water partition coefficient (Wildman–Crippen LogP) is 1.97. The third-order valence-electron chi connectivity index (χ3n) is 4.37. The number of hydrogen-bond donors (Lipinski definition) is 0. The fraction of sp³-hybridized carbons (Fsp3) is 0.625. The molecule has 0 bridgehead atoms. The molecule has 5 heteroatoms. The third kappa shape index (κ3) is 3.09. The van der Waals surface area contributed by atoms with Gasteiger partial charge in [-0.25, -0.2) is 0 Å². The van der Waals surface area contributed by atoms with Crippen LogP contribution in [-0.2, 0) is 9.47 Å². The number of anilines is 1. The van der Waals surface area contributed by atoms with Crippen molar-refractivity contribution >= 4 is 5.82 Å². The smallest absolute Gasteiger partial charge is 0.151 e. The second-order valence-corrected chi connectivity index (χ2v) is 5.79. The lowest BCUT2D eigenvalue weighted by atomic mass is 10.0. The van der Waals surface area contributed by atoms with Crippen molar-refractivity contribution in [3.63, 3.8) is 0 Å². The summed E-state index contributed by atoms with van der Waals surface area (Å²) in [7, 11) is 0. The van der Waals surface area contributed by atoms with E-state index in [1.807, 2.05) is 13.0 Å². The zero-order valence-corrected chi connectivity index (χ0v) is 12.6. The van der Waals surface area contributed by atoms with Gasteiger partial charge in [-0.1, -0.05) is 6.08 Å². The van der Waals surface area contributed by atoms with E-state index >= 15 is 0 Å². The minimum absolute atomic E-state index is 0.242. The molecular formula is C16H23N3O2. The number of aromatic nitrogens is 2. The van der Waals surface area contributed by atoms with E-state index in [1.165, 1.54) is 0 Å². The molecule has 114 valence electrons. The number of morpholine rings is 1. The lowest BCUT2D eigenvalue weighted by Crippen LogP contribution is -2.51. The van der Waals surface area contributed by atoms with Gasteiger partial charge in [0.2, 0.25) is 0 Å². The number of hydrogen-bond acceptors (Lipinski definition) is 5. The molecule has 1 aromatic heterocycles. The quantitative estimate of drug-likeness (QED) is 0.612. The van der Waals surface area contributed by atoms with E-state index in [2.05, 4.69) is 27.7 Å². The summed E-state index contributed by atoms with van der Waals surface area (Å²) in [4.78, 5) is 2.36. The molecule has 0 aromatic carbocycles. The largest absolute Gasteiger partial charge is 0.377 e. The molecule has 0 radical (unpaired) electrons. The highest BCUT2D eigenvalue weighted by Gasteiger charge is 2.43. The maximum atomic E-state index is 6.02. The van der Waals surface area contributed by atoms with Gasteiger partial charge in [-0.05, 0) is 31.9 Å². The van der Waals surface area contributed by atoms with Crippen LogP contribution in [0.4, 0.5) is 5.82 Å². The molecule has 3 atom stereocenters. The summed E-state index contributed by atoms with van der Waals surface area (Å²) in [5.74, 6) is 1.43. The zero-order valence-electron chi connectivity index (χ0n) is 12.6. The van der Waals surface area contributed by atoms with Crippen LogP contribution in [0.15, 0.2) is 24.8 Å². The van der Waals surface area contributed by atoms with Crippen LogP contribution in [0.1, 0.15) is 18.5 Å². The number of aryl methyl sites for hydroxylation is 1. The third-order valence-corrected chi connectivity index (χ3v) is 4.37. The minimum atomic E-state index is 0.242. The van der Waals surface area contributed by atoms with Crippen molar-refractivity contribution in [2.24, 2.45) is 5.92 Å². The Bertz CT molecular complexity index is 477. The van der Waals surface area contributed by atoms with Crippen molar-refractivity contribution < 1.29 is 9.47 Å². The SMILES string of the molecule is C=CCOCC1CCC2C1OCCN2c1ccc(C)nn1. The van der Waals surface area contributed by atoms with Gasteiger partial charge in [0.25, 0.3) is 0 Å². The summed E-state index contributed by atoms with van der Waals surface area (Å²) < 4.78 is 11.7. The van der Waals surface area contributed by atoms with Crippen molar-refractivity contribution in [3.05, 3.63) is 30.5 Å². The molecule has 0 spiro atoms. The molecule has 1 aliphatic heterocycles. The van der Waals surface area contributed by atoms with Gasteiger partial charge < -0.3 is 14.4 Å². The van der Waals surface area contributed by atoms with E-state index in [0.29, 0.717) is 18.6 Å². The topological polar surface area (TPSA) is 47.5 Å². The lowest BCUT2D eigenvalue weighted by molar-refractivity contribution is -0.0250. The average molecular weight is 289 g/mol. The molecule has 0 amide bonds. The average Bonchev–Trinajstić information content (AvgIpc) is 2.92. The van der Waals surface area contributed by atoms with Gasteiger partial charge in [-0.2, -0.15) is 5.10 Å². The molecule has 2 fully saturated rings. The van der Waals surface area contributed by atoms with Crippen LogP contribution in [0, 0.1) is 12.8 Å². The monoisotopic (exact) mass is 289 g/mol. The van der Waals surface area contributed by atoms with Gasteiger partial charge in [0, 0.05) is 12.5 Å². The van der Waals surface area contributed by atoms with E-state index in [0.717, 1.165) is 44.1 Å². The molecule has 1 aromatic rings. The fourth-order valence-electron chi connectivity index (χ4n) is 3.37. The zero-order chi connectivity index (χ0) is 14.7. The molecule has 1 saturated heterocycles. The van der Waals surface area contributed by atoms with Crippen molar-refractivity contribution in [1.29, 1.82) is 0 Å². The molecular weight excluding hydrogens is 266 g/mol. The van der Waals surface area contributed by atoms with Crippen molar-refractivity contribution in [2.75, 3.05) is 31.3 Å². The molecule has 1 saturated carbocycles. The van der Waals surface area contributed by atoms with E-state index in [4.69, 9.17) is 9.47 Å². The Morgan fingerprint density at radius 3 is 3.10 bits per heavy atom. The molecule has 3 unspecified atom stereocenters. The van der Waals surface area contributed by atoms with Gasteiger partial charge in [-0.3, -0.25) is 0 Å². The van der Waals surface area contributed by atoms with Crippen LogP contribution in [0.25, 0.3) is 0 Å². The summed E-state index contributed by atoms with van der Waals surface area (Å²) >= 11 is 0. The number of fused-ring (bicyclic) bond motifs is 1. The molecule has 2 aliphatic rings. The van der Waals surface area contributed by atoms with Crippen LogP contribution in [-0.4, -0.2) is 48.7 Å². The second-order valence-electron chi connectivity index (χ2n) is 5.79.